The molecule has 59 heavy (non-hydrogen) atoms. The van der Waals surface area contributed by atoms with Gasteiger partial charge in [0.05, 0.1) is 18.3 Å². The zero-order chi connectivity index (χ0) is 43.3. The number of hydrogen-bond donors (Lipinski definition) is 4. The monoisotopic (exact) mass is 828 g/mol. The van der Waals surface area contributed by atoms with E-state index in [2.05, 4.69) is 0 Å². The summed E-state index contributed by atoms with van der Waals surface area (Å²) in [5, 5.41) is 41.7. The van der Waals surface area contributed by atoms with Crippen molar-refractivity contribution in [3.05, 3.63) is 47.6 Å². The van der Waals surface area contributed by atoms with Crippen molar-refractivity contribution in [3.8, 4) is 0 Å². The van der Waals surface area contributed by atoms with E-state index in [0.717, 1.165) is 18.1 Å². The number of hydrogen-bond acceptors (Lipinski definition) is 10. The summed E-state index contributed by atoms with van der Waals surface area (Å²) in [6, 6.07) is 0. The zero-order valence-electron chi connectivity index (χ0n) is 35.0. The molecule has 0 radical (unpaired) electrons. The standard InChI is InChI=1S/C24H30F2O6.C22H29FO4/c1-20(2)31-19-9-13-14-8-16(25)15-7-12(28)5-6-21(15,3)23(14,26)17(29)10-22(13,4)24(19,32-20)18(30)11-27;1-12-8-16-15-5-4-13-9-14(25)6-7-21(13,3)22(15,23)18(27)10-20(16,2)19(12)17(26)11-24/h5-7,13-14,16-17,19,27,29H,8-11H2,1-4H3;6-7,9,12,15-16,18-19,24,27H,4-5,8,10-11H2,1-3H3/t13-,14-,16-,17-,19+,21-,22-,23-,24+;12-,15+,16+,18?,19-,20+,21+,22+/m01/s1. The molecule has 0 bridgehead atoms. The lowest BCUT2D eigenvalue weighted by Crippen LogP contribution is -2.71. The summed E-state index contributed by atoms with van der Waals surface area (Å²) >= 11 is 0. The topological polar surface area (TPSA) is 168 Å². The summed E-state index contributed by atoms with van der Waals surface area (Å²) in [5.41, 5.74) is -8.88. The molecule has 324 valence electrons. The van der Waals surface area contributed by atoms with E-state index in [1.54, 1.807) is 33.8 Å². The fraction of sp³-hybridized carbons (Fsp3) is 0.739. The number of carbonyl (C=O) groups excluding carboxylic acids is 4. The van der Waals surface area contributed by atoms with Crippen molar-refractivity contribution in [2.75, 3.05) is 13.2 Å². The van der Waals surface area contributed by atoms with Gasteiger partial charge in [0.1, 0.15) is 19.4 Å². The second-order valence-electron chi connectivity index (χ2n) is 20.7. The molecule has 0 aromatic heterocycles. The van der Waals surface area contributed by atoms with E-state index in [0.29, 0.717) is 12.8 Å². The molecule has 0 aromatic rings. The molecule has 1 heterocycles. The number of aliphatic hydroxyl groups is 4. The van der Waals surface area contributed by atoms with Crippen molar-refractivity contribution in [3.63, 3.8) is 0 Å². The van der Waals surface area contributed by atoms with Crippen LogP contribution in [0.3, 0.4) is 0 Å². The summed E-state index contributed by atoms with van der Waals surface area (Å²) in [4.78, 5) is 49.4. The Hall–Kier alpha value is -2.81. The molecule has 10 nitrogen and oxygen atoms in total. The summed E-state index contributed by atoms with van der Waals surface area (Å²) in [7, 11) is 0. The highest BCUT2D eigenvalue weighted by Crippen LogP contribution is 2.73. The minimum Gasteiger partial charge on any atom is -0.390 e. The first-order valence-corrected chi connectivity index (χ1v) is 21.3. The highest BCUT2D eigenvalue weighted by atomic mass is 19.2. The number of carbonyl (C=O) groups is 4. The second kappa shape index (κ2) is 13.3. The Morgan fingerprint density at radius 1 is 0.797 bits per heavy atom. The van der Waals surface area contributed by atoms with Crippen molar-refractivity contribution in [2.45, 2.75) is 141 Å². The molecule has 9 aliphatic rings. The van der Waals surface area contributed by atoms with Crippen molar-refractivity contribution in [2.24, 2.45) is 57.2 Å². The summed E-state index contributed by atoms with van der Waals surface area (Å²) in [6.45, 7) is 11.2. The lowest BCUT2D eigenvalue weighted by atomic mass is 9.44. The van der Waals surface area contributed by atoms with Gasteiger partial charge in [0.25, 0.3) is 0 Å². The van der Waals surface area contributed by atoms with E-state index in [1.165, 1.54) is 31.2 Å². The van der Waals surface area contributed by atoms with Gasteiger partial charge in [0.15, 0.2) is 45.9 Å². The van der Waals surface area contributed by atoms with E-state index in [1.807, 2.05) is 13.8 Å². The lowest BCUT2D eigenvalue weighted by Gasteiger charge is -2.63. The van der Waals surface area contributed by atoms with E-state index in [4.69, 9.17) is 9.47 Å². The highest BCUT2D eigenvalue weighted by molar-refractivity contribution is 6.02. The summed E-state index contributed by atoms with van der Waals surface area (Å²) < 4.78 is 61.6. The normalized spacial score (nSPS) is 52.3. The highest BCUT2D eigenvalue weighted by Gasteiger charge is 2.81. The largest absolute Gasteiger partial charge is 0.390 e. The van der Waals surface area contributed by atoms with Crippen LogP contribution >= 0.6 is 0 Å². The average Bonchev–Trinajstić information content (AvgIpc) is 3.69. The molecule has 9 rings (SSSR count). The number of aliphatic hydroxyl groups excluding tert-OH is 4. The predicted molar refractivity (Wildman–Crippen MR) is 207 cm³/mol. The number of halogens is 3. The maximum absolute atomic E-state index is 17.1. The minimum absolute atomic E-state index is 0.0224. The SMILES string of the molecule is CC1(C)O[C@@H]2C[C@H]3[C@@H]4C[C@H](F)C5=CC(=O)C=C[C@]5(C)[C@@]4(F)[C@@H](O)C[C@]3(C)[C@]2(C(=O)CO)O1.C[C@@H]1C[C@H]2[C@@H]3CCC4=CC(=O)C=C[C@]4(C)[C@@]3(F)C(O)C[C@]2(C)[C@H]1C(=O)CO. The first-order valence-electron chi connectivity index (χ1n) is 21.3. The lowest BCUT2D eigenvalue weighted by molar-refractivity contribution is -0.248. The van der Waals surface area contributed by atoms with Gasteiger partial charge in [0.2, 0.25) is 0 Å². The fourth-order valence-corrected chi connectivity index (χ4v) is 15.3. The minimum atomic E-state index is -2.24. The van der Waals surface area contributed by atoms with Crippen molar-refractivity contribution in [1.29, 1.82) is 0 Å². The summed E-state index contributed by atoms with van der Waals surface area (Å²) in [5.74, 6) is -4.53. The van der Waals surface area contributed by atoms with Gasteiger partial charge >= 0.3 is 0 Å². The maximum atomic E-state index is 17.1. The molecule has 7 fully saturated rings. The molecule has 0 amide bonds. The molecule has 1 unspecified atom stereocenters. The quantitative estimate of drug-likeness (QED) is 0.298. The van der Waals surface area contributed by atoms with Crippen LogP contribution in [0.4, 0.5) is 13.2 Å². The van der Waals surface area contributed by atoms with Gasteiger partial charge in [-0.15, -0.1) is 0 Å². The third-order valence-corrected chi connectivity index (χ3v) is 17.7. The van der Waals surface area contributed by atoms with E-state index >= 15 is 13.2 Å². The number of fused-ring (bicyclic) bond motifs is 12. The van der Waals surface area contributed by atoms with Gasteiger partial charge in [-0.05, 0) is 126 Å². The molecule has 8 aliphatic carbocycles. The molecule has 17 atom stereocenters. The van der Waals surface area contributed by atoms with E-state index in [-0.39, 0.29) is 66.5 Å². The van der Waals surface area contributed by atoms with Gasteiger partial charge in [-0.25, -0.2) is 13.2 Å². The van der Waals surface area contributed by atoms with Gasteiger partial charge in [-0.1, -0.05) is 38.5 Å². The Kier molecular flexibility index (Phi) is 9.70. The van der Waals surface area contributed by atoms with Crippen LogP contribution in [0, 0.1) is 57.2 Å². The Morgan fingerprint density at radius 2 is 1.41 bits per heavy atom. The second-order valence-corrected chi connectivity index (χ2v) is 20.7. The Morgan fingerprint density at radius 3 is 2.05 bits per heavy atom. The van der Waals surface area contributed by atoms with E-state index < -0.39 is 105 Å². The number of ketones is 4. The van der Waals surface area contributed by atoms with Crippen molar-refractivity contribution >= 4 is 23.1 Å². The van der Waals surface area contributed by atoms with Crippen molar-refractivity contribution in [1.82, 2.24) is 0 Å². The maximum Gasteiger partial charge on any atom is 0.193 e. The smallest absolute Gasteiger partial charge is 0.193 e. The predicted octanol–water partition coefficient (Wildman–Crippen LogP) is 5.15. The van der Waals surface area contributed by atoms with Gasteiger partial charge in [-0.3, -0.25) is 19.2 Å². The average molecular weight is 829 g/mol. The van der Waals surface area contributed by atoms with Gasteiger partial charge < -0.3 is 29.9 Å². The number of allylic oxidation sites excluding steroid dienone is 8. The van der Waals surface area contributed by atoms with Crippen molar-refractivity contribution < 1.29 is 62.2 Å². The molecule has 1 aliphatic heterocycles. The van der Waals surface area contributed by atoms with Gasteiger partial charge in [-0.2, -0.15) is 0 Å². The third-order valence-electron chi connectivity index (χ3n) is 17.7. The van der Waals surface area contributed by atoms with Crippen LogP contribution in [0.1, 0.15) is 93.4 Å². The van der Waals surface area contributed by atoms with Gasteiger partial charge in [0, 0.05) is 34.0 Å². The molecule has 0 spiro atoms. The first-order chi connectivity index (χ1) is 27.4. The van der Waals surface area contributed by atoms with Crippen LogP contribution < -0.4 is 0 Å². The number of alkyl halides is 3. The summed E-state index contributed by atoms with van der Waals surface area (Å²) in [6.07, 6.45) is 5.38. The molecule has 6 saturated carbocycles. The fourth-order valence-electron chi connectivity index (χ4n) is 15.3. The Labute approximate surface area is 343 Å². The van der Waals surface area contributed by atoms with E-state index in [9.17, 15) is 39.6 Å². The van der Waals surface area contributed by atoms with Crippen LogP contribution in [-0.2, 0) is 28.7 Å². The first kappa shape index (κ1) is 42.9. The van der Waals surface area contributed by atoms with Crippen LogP contribution in [0.15, 0.2) is 47.6 Å². The molecule has 13 heteroatoms. The van der Waals surface area contributed by atoms with Crippen LogP contribution in [0.2, 0.25) is 0 Å². The molecule has 4 N–H and O–H groups in total. The molecule has 1 saturated heterocycles. The Balaban J connectivity index is 0.000000167. The van der Waals surface area contributed by atoms with Crippen LogP contribution in [0.25, 0.3) is 0 Å². The number of Topliss-reactive ketones (excluding diaryl/α,β-unsaturated/α-hetero) is 2. The third kappa shape index (κ3) is 5.27. The number of rotatable bonds is 4. The van der Waals surface area contributed by atoms with Crippen LogP contribution in [0.5, 0.6) is 0 Å². The Bertz CT molecular complexity index is 1990. The zero-order valence-corrected chi connectivity index (χ0v) is 35.0. The number of ether oxygens (including phenoxy) is 2. The molecule has 0 aromatic carbocycles. The van der Waals surface area contributed by atoms with Crippen LogP contribution in [-0.4, -0.2) is 104 Å². The molecular formula is C46H59F3O10. The molecular weight excluding hydrogens is 769 g/mol.